The van der Waals surface area contributed by atoms with E-state index in [0.717, 1.165) is 26.6 Å². The van der Waals surface area contributed by atoms with E-state index in [2.05, 4.69) is 27.0 Å². The molecular weight excluding hydrogens is 439 g/mol. The van der Waals surface area contributed by atoms with Gasteiger partial charge in [0.15, 0.2) is 5.13 Å². The molecule has 0 amide bonds. The van der Waals surface area contributed by atoms with E-state index in [1.807, 2.05) is 43.3 Å². The Hall–Kier alpha value is -2.82. The Kier molecular flexibility index (Phi) is 4.84. The molecule has 2 aromatic carbocycles. The van der Waals surface area contributed by atoms with E-state index in [1.165, 1.54) is 23.5 Å². The number of thiazole rings is 1. The third-order valence-electron chi connectivity index (χ3n) is 4.44. The van der Waals surface area contributed by atoms with Crippen LogP contribution in [0.3, 0.4) is 0 Å². The Bertz CT molecular complexity index is 1220. The minimum atomic E-state index is -0.320. The van der Waals surface area contributed by atoms with Gasteiger partial charge in [0.25, 0.3) is 0 Å². The average molecular weight is 453 g/mol. The fourth-order valence-electron chi connectivity index (χ4n) is 3.12. The lowest BCUT2D eigenvalue weighted by Crippen LogP contribution is -2.11. The van der Waals surface area contributed by atoms with Crippen molar-refractivity contribution in [2.24, 2.45) is 0 Å². The number of anilines is 2. The monoisotopic (exact) mass is 452 g/mol. The number of hydrogen-bond donors (Lipinski definition) is 0. The van der Waals surface area contributed by atoms with Crippen molar-refractivity contribution in [2.45, 2.75) is 6.92 Å². The van der Waals surface area contributed by atoms with Crippen LogP contribution in [0, 0.1) is 24.1 Å². The van der Waals surface area contributed by atoms with Crippen LogP contribution in [0.1, 0.15) is 10.4 Å². The summed E-state index contributed by atoms with van der Waals surface area (Å²) in [6.45, 7) is 2.00. The van der Waals surface area contributed by atoms with Crippen LogP contribution in [0.25, 0.3) is 22.2 Å². The van der Waals surface area contributed by atoms with Gasteiger partial charge in [0.05, 0.1) is 11.2 Å². The predicted octanol–water partition coefficient (Wildman–Crippen LogP) is 6.21. The number of aromatic nitrogens is 2. The van der Waals surface area contributed by atoms with Crippen molar-refractivity contribution in [1.82, 2.24) is 9.97 Å². The van der Waals surface area contributed by atoms with Gasteiger partial charge in [-0.1, -0.05) is 27.3 Å². The summed E-state index contributed by atoms with van der Waals surface area (Å²) in [7, 11) is 1.93. The molecule has 0 radical (unpaired) electrons. The summed E-state index contributed by atoms with van der Waals surface area (Å²) in [5.74, 6) is -0.320. The standard InChI is InChI=1S/C21H14BrFN4S/c1-12-11-25-17-8-5-14(22)9-16(17)20(12)27(2)21-26-19(18(10-24)28-21)13-3-6-15(23)7-4-13/h3-9,11H,1-2H3. The minimum absolute atomic E-state index is 0.320. The van der Waals surface area contributed by atoms with E-state index >= 15 is 0 Å². The molecular formula is C21H14BrFN4S. The maximum atomic E-state index is 13.3. The van der Waals surface area contributed by atoms with Crippen LogP contribution in [-0.2, 0) is 0 Å². The van der Waals surface area contributed by atoms with Gasteiger partial charge in [0.2, 0.25) is 0 Å². The first-order valence-electron chi connectivity index (χ1n) is 8.43. The number of halogens is 2. The fraction of sp³-hybridized carbons (Fsp3) is 0.0952. The molecule has 0 aliphatic rings. The summed E-state index contributed by atoms with van der Waals surface area (Å²) < 4.78 is 14.2. The molecule has 4 nitrogen and oxygen atoms in total. The highest BCUT2D eigenvalue weighted by Gasteiger charge is 2.19. The highest BCUT2D eigenvalue weighted by atomic mass is 79.9. The van der Waals surface area contributed by atoms with Crippen molar-refractivity contribution >= 4 is 49.0 Å². The molecule has 7 heteroatoms. The second-order valence-electron chi connectivity index (χ2n) is 6.30. The zero-order chi connectivity index (χ0) is 19.8. The third kappa shape index (κ3) is 3.26. The highest BCUT2D eigenvalue weighted by Crippen LogP contribution is 2.39. The number of rotatable bonds is 3. The number of nitrogens with zero attached hydrogens (tertiary/aromatic N) is 4. The Balaban J connectivity index is 1.86. The van der Waals surface area contributed by atoms with E-state index in [1.54, 1.807) is 12.1 Å². The van der Waals surface area contributed by atoms with Crippen LogP contribution in [0.5, 0.6) is 0 Å². The van der Waals surface area contributed by atoms with Gasteiger partial charge in [-0.15, -0.1) is 0 Å². The Morgan fingerprint density at radius 2 is 1.93 bits per heavy atom. The summed E-state index contributed by atoms with van der Waals surface area (Å²) in [6, 6.07) is 14.2. The second-order valence-corrected chi connectivity index (χ2v) is 8.20. The quantitative estimate of drug-likeness (QED) is 0.370. The zero-order valence-corrected chi connectivity index (χ0v) is 17.5. The van der Waals surface area contributed by atoms with Gasteiger partial charge in [-0.25, -0.2) is 9.37 Å². The fourth-order valence-corrected chi connectivity index (χ4v) is 4.34. The van der Waals surface area contributed by atoms with E-state index in [4.69, 9.17) is 4.98 Å². The van der Waals surface area contributed by atoms with Crippen LogP contribution in [0.4, 0.5) is 15.2 Å². The molecule has 28 heavy (non-hydrogen) atoms. The van der Waals surface area contributed by atoms with Gasteiger partial charge >= 0.3 is 0 Å². The summed E-state index contributed by atoms with van der Waals surface area (Å²) >= 11 is 4.84. The lowest BCUT2D eigenvalue weighted by molar-refractivity contribution is 0.628. The molecule has 0 spiro atoms. The van der Waals surface area contributed by atoms with Crippen molar-refractivity contribution in [3.8, 4) is 17.3 Å². The molecule has 138 valence electrons. The zero-order valence-electron chi connectivity index (χ0n) is 15.1. The lowest BCUT2D eigenvalue weighted by atomic mass is 10.1. The summed E-state index contributed by atoms with van der Waals surface area (Å²) in [6.07, 6.45) is 1.84. The Morgan fingerprint density at radius 3 is 2.64 bits per heavy atom. The summed E-state index contributed by atoms with van der Waals surface area (Å²) in [5.41, 5.74) is 4.14. The summed E-state index contributed by atoms with van der Waals surface area (Å²) in [5, 5.41) is 11.3. The molecule has 4 rings (SSSR count). The molecule has 0 saturated carbocycles. The molecule has 0 unspecified atom stereocenters. The van der Waals surface area contributed by atoms with Gasteiger partial charge in [-0.05, 0) is 55.0 Å². The molecule has 0 atom stereocenters. The number of hydrogen-bond acceptors (Lipinski definition) is 5. The maximum Gasteiger partial charge on any atom is 0.191 e. The van der Waals surface area contributed by atoms with Gasteiger partial charge in [-0.3, -0.25) is 4.98 Å². The summed E-state index contributed by atoms with van der Waals surface area (Å²) in [4.78, 5) is 11.7. The average Bonchev–Trinajstić information content (AvgIpc) is 3.12. The number of nitriles is 1. The van der Waals surface area contributed by atoms with Gasteiger partial charge < -0.3 is 4.90 Å². The van der Waals surface area contributed by atoms with Crippen LogP contribution in [-0.4, -0.2) is 17.0 Å². The molecule has 0 aliphatic carbocycles. The number of fused-ring (bicyclic) bond motifs is 1. The molecule has 0 fully saturated rings. The van der Waals surface area contributed by atoms with Gasteiger partial charge in [-0.2, -0.15) is 5.26 Å². The van der Waals surface area contributed by atoms with Crippen molar-refractivity contribution < 1.29 is 4.39 Å². The first kappa shape index (κ1) is 18.5. The minimum Gasteiger partial charge on any atom is -0.320 e. The predicted molar refractivity (Wildman–Crippen MR) is 114 cm³/mol. The number of benzene rings is 2. The van der Waals surface area contributed by atoms with Gasteiger partial charge in [0, 0.05) is 28.7 Å². The van der Waals surface area contributed by atoms with E-state index in [-0.39, 0.29) is 5.82 Å². The second kappa shape index (κ2) is 7.30. The molecule has 2 heterocycles. The van der Waals surface area contributed by atoms with Crippen LogP contribution >= 0.6 is 27.3 Å². The third-order valence-corrected chi connectivity index (χ3v) is 5.97. The van der Waals surface area contributed by atoms with E-state index < -0.39 is 0 Å². The first-order chi connectivity index (χ1) is 13.5. The molecule has 4 aromatic rings. The van der Waals surface area contributed by atoms with E-state index in [0.29, 0.717) is 21.3 Å². The largest absolute Gasteiger partial charge is 0.320 e. The van der Waals surface area contributed by atoms with Crippen LogP contribution < -0.4 is 4.90 Å². The van der Waals surface area contributed by atoms with Crippen molar-refractivity contribution in [3.63, 3.8) is 0 Å². The van der Waals surface area contributed by atoms with Crippen molar-refractivity contribution in [3.05, 3.63) is 69.4 Å². The molecule has 0 bridgehead atoms. The Morgan fingerprint density at radius 1 is 1.18 bits per heavy atom. The smallest absolute Gasteiger partial charge is 0.191 e. The topological polar surface area (TPSA) is 52.8 Å². The first-order valence-corrected chi connectivity index (χ1v) is 10.0. The van der Waals surface area contributed by atoms with Crippen LogP contribution in [0.2, 0.25) is 0 Å². The SMILES string of the molecule is Cc1cnc2ccc(Br)cc2c1N(C)c1nc(-c2ccc(F)cc2)c(C#N)s1. The van der Waals surface area contributed by atoms with Crippen molar-refractivity contribution in [1.29, 1.82) is 5.26 Å². The molecule has 0 saturated heterocycles. The molecule has 2 aromatic heterocycles. The number of aryl methyl sites for hydroxylation is 1. The highest BCUT2D eigenvalue weighted by molar-refractivity contribution is 9.10. The van der Waals surface area contributed by atoms with Crippen molar-refractivity contribution in [2.75, 3.05) is 11.9 Å². The maximum absolute atomic E-state index is 13.3. The van der Waals surface area contributed by atoms with E-state index in [9.17, 15) is 9.65 Å². The lowest BCUT2D eigenvalue weighted by Gasteiger charge is -2.20. The Labute approximate surface area is 174 Å². The normalized spacial score (nSPS) is 10.8. The van der Waals surface area contributed by atoms with Crippen LogP contribution in [0.15, 0.2) is 53.1 Å². The molecule has 0 aliphatic heterocycles. The molecule has 0 N–H and O–H groups in total. The number of pyridine rings is 1. The van der Waals surface area contributed by atoms with Gasteiger partial charge in [0.1, 0.15) is 22.5 Å².